The highest BCUT2D eigenvalue weighted by molar-refractivity contribution is 5.77. The van der Waals surface area contributed by atoms with Crippen LogP contribution in [0.2, 0.25) is 0 Å². The van der Waals surface area contributed by atoms with Gasteiger partial charge in [0.25, 0.3) is 5.91 Å². The Morgan fingerprint density at radius 1 is 1.45 bits per heavy atom. The molecule has 0 rings (SSSR count). The average Bonchev–Trinajstić information content (AvgIpc) is 1.87. The maximum Gasteiger partial charge on any atom is 0.329 e. The van der Waals surface area contributed by atoms with Crippen molar-refractivity contribution in [1.29, 1.82) is 0 Å². The van der Waals surface area contributed by atoms with E-state index in [0.29, 0.717) is 0 Å². The molecular formula is C5H10N2O4. The highest BCUT2D eigenvalue weighted by atomic mass is 16.5. The number of carboxylic acid groups (broad SMARTS) is 1. The lowest BCUT2D eigenvalue weighted by molar-refractivity contribution is -0.143. The van der Waals surface area contributed by atoms with Crippen LogP contribution in [0.15, 0.2) is 0 Å². The molecule has 0 unspecified atom stereocenters. The maximum atomic E-state index is 10.5. The smallest absolute Gasteiger partial charge is 0.329 e. The zero-order valence-electron chi connectivity index (χ0n) is 6.09. The fraction of sp³-hybridized carbons (Fsp3) is 0.600. The second kappa shape index (κ2) is 5.63. The number of rotatable bonds is 5. The van der Waals surface area contributed by atoms with E-state index >= 15 is 0 Å². The van der Waals surface area contributed by atoms with Gasteiger partial charge in [-0.25, -0.2) is 10.2 Å². The quantitative estimate of drug-likeness (QED) is 0.421. The number of nitrogens with one attached hydrogen (secondary N) is 2. The van der Waals surface area contributed by atoms with E-state index in [1.807, 2.05) is 0 Å². The van der Waals surface area contributed by atoms with Gasteiger partial charge in [0.2, 0.25) is 0 Å². The van der Waals surface area contributed by atoms with E-state index in [4.69, 9.17) is 5.11 Å². The first-order chi connectivity index (χ1) is 5.16. The second-order valence-electron chi connectivity index (χ2n) is 1.68. The Morgan fingerprint density at radius 3 is 2.55 bits per heavy atom. The molecular weight excluding hydrogens is 152 g/mol. The normalized spacial score (nSPS) is 9.18. The molecule has 1 amide bonds. The number of amides is 1. The molecule has 0 atom stereocenters. The van der Waals surface area contributed by atoms with Crippen molar-refractivity contribution >= 4 is 11.9 Å². The SMILES string of the molecule is CNNC(=O)COCC(=O)O. The summed E-state index contributed by atoms with van der Waals surface area (Å²) in [5.74, 6) is -1.50. The summed E-state index contributed by atoms with van der Waals surface area (Å²) >= 11 is 0. The summed E-state index contributed by atoms with van der Waals surface area (Å²) in [6, 6.07) is 0. The number of carbonyl (C=O) groups is 2. The number of aliphatic carboxylic acids is 1. The predicted molar refractivity (Wildman–Crippen MR) is 35.7 cm³/mol. The Morgan fingerprint density at radius 2 is 2.09 bits per heavy atom. The Kier molecular flexibility index (Phi) is 5.05. The van der Waals surface area contributed by atoms with Crippen molar-refractivity contribution in [3.05, 3.63) is 0 Å². The zero-order valence-corrected chi connectivity index (χ0v) is 6.09. The highest BCUT2D eigenvalue weighted by Crippen LogP contribution is 1.73. The van der Waals surface area contributed by atoms with Crippen molar-refractivity contribution in [3.63, 3.8) is 0 Å². The van der Waals surface area contributed by atoms with Gasteiger partial charge >= 0.3 is 5.97 Å². The number of hydrazine groups is 1. The third-order valence-corrected chi connectivity index (χ3v) is 0.723. The summed E-state index contributed by atoms with van der Waals surface area (Å²) in [5, 5.41) is 8.08. The molecule has 0 bridgehead atoms. The van der Waals surface area contributed by atoms with Crippen molar-refractivity contribution in [3.8, 4) is 0 Å². The Labute approximate surface area is 63.5 Å². The minimum absolute atomic E-state index is 0.257. The molecule has 6 nitrogen and oxygen atoms in total. The van der Waals surface area contributed by atoms with Crippen molar-refractivity contribution in [2.24, 2.45) is 0 Å². The van der Waals surface area contributed by atoms with Crippen LogP contribution in [0.3, 0.4) is 0 Å². The maximum absolute atomic E-state index is 10.5. The van der Waals surface area contributed by atoms with E-state index in [1.165, 1.54) is 7.05 Å². The first-order valence-electron chi connectivity index (χ1n) is 2.92. The number of carboxylic acids is 1. The largest absolute Gasteiger partial charge is 0.480 e. The molecule has 0 aliphatic heterocycles. The van der Waals surface area contributed by atoms with Gasteiger partial charge in [-0.1, -0.05) is 0 Å². The third kappa shape index (κ3) is 6.75. The van der Waals surface area contributed by atoms with Crippen LogP contribution in [0, 0.1) is 0 Å². The Hall–Kier alpha value is -1.14. The minimum atomic E-state index is -1.10. The molecule has 0 saturated heterocycles. The summed E-state index contributed by atoms with van der Waals surface area (Å²) in [7, 11) is 1.52. The van der Waals surface area contributed by atoms with E-state index in [1.54, 1.807) is 0 Å². The molecule has 6 heteroatoms. The van der Waals surface area contributed by atoms with Crippen molar-refractivity contribution in [1.82, 2.24) is 10.9 Å². The monoisotopic (exact) mass is 162 g/mol. The number of carbonyl (C=O) groups excluding carboxylic acids is 1. The average molecular weight is 162 g/mol. The molecule has 0 aromatic rings. The fourth-order valence-corrected chi connectivity index (χ4v) is 0.407. The minimum Gasteiger partial charge on any atom is -0.480 e. The molecule has 3 N–H and O–H groups in total. The van der Waals surface area contributed by atoms with Gasteiger partial charge < -0.3 is 9.84 Å². The van der Waals surface area contributed by atoms with Gasteiger partial charge in [0.05, 0.1) is 0 Å². The first-order valence-corrected chi connectivity index (χ1v) is 2.92. The number of hydrogen-bond acceptors (Lipinski definition) is 4. The first kappa shape index (κ1) is 9.86. The van der Waals surface area contributed by atoms with E-state index in [2.05, 4.69) is 15.6 Å². The molecule has 0 aromatic carbocycles. The van der Waals surface area contributed by atoms with Crippen LogP contribution in [0.5, 0.6) is 0 Å². The van der Waals surface area contributed by atoms with Gasteiger partial charge in [0, 0.05) is 7.05 Å². The molecule has 0 spiro atoms. The second-order valence-corrected chi connectivity index (χ2v) is 1.68. The molecule has 11 heavy (non-hydrogen) atoms. The molecule has 64 valence electrons. The lowest BCUT2D eigenvalue weighted by Gasteiger charge is -2.01. The van der Waals surface area contributed by atoms with E-state index in [-0.39, 0.29) is 6.61 Å². The molecule has 0 aliphatic carbocycles. The molecule has 0 heterocycles. The van der Waals surface area contributed by atoms with Gasteiger partial charge in [0.15, 0.2) is 0 Å². The standard InChI is InChI=1S/C5H10N2O4/c1-6-7-4(8)2-11-3-5(9)10/h6H,2-3H2,1H3,(H,7,8)(H,9,10). The van der Waals surface area contributed by atoms with E-state index in [0.717, 1.165) is 0 Å². The molecule has 0 saturated carbocycles. The van der Waals surface area contributed by atoms with Gasteiger partial charge in [-0.15, -0.1) is 0 Å². The summed E-state index contributed by atoms with van der Waals surface area (Å²) in [6.07, 6.45) is 0. The predicted octanol–water partition coefficient (Wildman–Crippen LogP) is -1.66. The highest BCUT2D eigenvalue weighted by Gasteiger charge is 2.01. The number of ether oxygens (including phenoxy) is 1. The van der Waals surface area contributed by atoms with Crippen LogP contribution in [0.1, 0.15) is 0 Å². The third-order valence-electron chi connectivity index (χ3n) is 0.723. The lowest BCUT2D eigenvalue weighted by Crippen LogP contribution is -2.37. The van der Waals surface area contributed by atoms with Gasteiger partial charge in [0.1, 0.15) is 13.2 Å². The van der Waals surface area contributed by atoms with Crippen molar-refractivity contribution in [2.75, 3.05) is 20.3 Å². The van der Waals surface area contributed by atoms with Crippen LogP contribution in [0.25, 0.3) is 0 Å². The van der Waals surface area contributed by atoms with E-state index in [9.17, 15) is 9.59 Å². The summed E-state index contributed by atoms with van der Waals surface area (Å²) in [6.45, 7) is -0.718. The molecule has 0 fully saturated rings. The van der Waals surface area contributed by atoms with Crippen LogP contribution < -0.4 is 10.9 Å². The van der Waals surface area contributed by atoms with Crippen molar-refractivity contribution in [2.45, 2.75) is 0 Å². The Balaban J connectivity index is 3.24. The van der Waals surface area contributed by atoms with Gasteiger partial charge in [-0.2, -0.15) is 0 Å². The molecule has 0 radical (unpaired) electrons. The van der Waals surface area contributed by atoms with Crippen LogP contribution in [-0.4, -0.2) is 37.2 Å². The Bertz CT molecular complexity index is 147. The van der Waals surface area contributed by atoms with Crippen LogP contribution in [0.4, 0.5) is 0 Å². The summed E-state index contributed by atoms with van der Waals surface area (Å²) < 4.78 is 4.46. The van der Waals surface area contributed by atoms with Gasteiger partial charge in [-0.05, 0) is 0 Å². The van der Waals surface area contributed by atoms with Crippen LogP contribution >= 0.6 is 0 Å². The van der Waals surface area contributed by atoms with Crippen LogP contribution in [-0.2, 0) is 14.3 Å². The van der Waals surface area contributed by atoms with Crippen molar-refractivity contribution < 1.29 is 19.4 Å². The molecule has 0 aromatic heterocycles. The lowest BCUT2D eigenvalue weighted by atomic mass is 10.6. The summed E-state index contributed by atoms with van der Waals surface area (Å²) in [5.41, 5.74) is 4.59. The topological polar surface area (TPSA) is 87.7 Å². The van der Waals surface area contributed by atoms with Gasteiger partial charge in [-0.3, -0.25) is 10.2 Å². The number of hydrogen-bond donors (Lipinski definition) is 3. The fourth-order valence-electron chi connectivity index (χ4n) is 0.407. The summed E-state index contributed by atoms with van der Waals surface area (Å²) in [4.78, 5) is 20.4. The van der Waals surface area contributed by atoms with E-state index < -0.39 is 18.5 Å². The zero-order chi connectivity index (χ0) is 8.69. The molecule has 0 aliphatic rings.